The van der Waals surface area contributed by atoms with Crippen LogP contribution in [0.1, 0.15) is 17.5 Å². The second kappa shape index (κ2) is 8.61. The molecule has 0 fully saturated rings. The standard InChI is InChI=1S/C18H19BrN2O3/c1-12-7-8-14(19)9-16(12)21-18(23)15(20)10-17(22)24-11-13-5-3-2-4-6-13/h2-9,15H,10-11,20H2,1H3,(H,21,23)/t15-/m0/s1. The Morgan fingerprint density at radius 3 is 2.62 bits per heavy atom. The quantitative estimate of drug-likeness (QED) is 0.742. The van der Waals surface area contributed by atoms with Crippen molar-refractivity contribution in [2.45, 2.75) is 26.0 Å². The number of hydrogen-bond acceptors (Lipinski definition) is 4. The molecule has 0 saturated heterocycles. The van der Waals surface area contributed by atoms with Gasteiger partial charge in [-0.3, -0.25) is 9.59 Å². The largest absolute Gasteiger partial charge is 0.461 e. The van der Waals surface area contributed by atoms with E-state index in [0.29, 0.717) is 5.69 Å². The zero-order valence-electron chi connectivity index (χ0n) is 13.3. The Balaban J connectivity index is 1.84. The number of ether oxygens (including phenoxy) is 1. The van der Waals surface area contributed by atoms with Crippen molar-refractivity contribution in [2.75, 3.05) is 5.32 Å². The third kappa shape index (κ3) is 5.47. The van der Waals surface area contributed by atoms with Crippen LogP contribution in [-0.4, -0.2) is 17.9 Å². The fourth-order valence-corrected chi connectivity index (χ4v) is 2.38. The number of nitrogens with one attached hydrogen (secondary N) is 1. The van der Waals surface area contributed by atoms with Crippen molar-refractivity contribution in [1.82, 2.24) is 0 Å². The van der Waals surface area contributed by atoms with Crippen molar-refractivity contribution in [1.29, 1.82) is 0 Å². The van der Waals surface area contributed by atoms with Gasteiger partial charge in [0.25, 0.3) is 0 Å². The summed E-state index contributed by atoms with van der Waals surface area (Å²) in [6, 6.07) is 13.9. The van der Waals surface area contributed by atoms with Gasteiger partial charge in [-0.25, -0.2) is 0 Å². The van der Waals surface area contributed by atoms with Gasteiger partial charge in [-0.05, 0) is 30.2 Å². The molecule has 0 saturated carbocycles. The summed E-state index contributed by atoms with van der Waals surface area (Å²) in [4.78, 5) is 23.9. The van der Waals surface area contributed by atoms with Crippen molar-refractivity contribution in [3.63, 3.8) is 0 Å². The van der Waals surface area contributed by atoms with E-state index >= 15 is 0 Å². The number of nitrogens with two attached hydrogens (primary N) is 1. The fraction of sp³-hybridized carbons (Fsp3) is 0.222. The lowest BCUT2D eigenvalue weighted by Gasteiger charge is -2.14. The number of amides is 1. The molecule has 24 heavy (non-hydrogen) atoms. The Morgan fingerprint density at radius 1 is 1.21 bits per heavy atom. The molecule has 0 bridgehead atoms. The van der Waals surface area contributed by atoms with Crippen molar-refractivity contribution >= 4 is 33.5 Å². The monoisotopic (exact) mass is 390 g/mol. The van der Waals surface area contributed by atoms with Gasteiger partial charge in [0.2, 0.25) is 5.91 Å². The van der Waals surface area contributed by atoms with E-state index in [0.717, 1.165) is 15.6 Å². The minimum atomic E-state index is -0.966. The van der Waals surface area contributed by atoms with E-state index in [9.17, 15) is 9.59 Å². The van der Waals surface area contributed by atoms with Crippen LogP contribution < -0.4 is 11.1 Å². The van der Waals surface area contributed by atoms with Crippen LogP contribution in [0.3, 0.4) is 0 Å². The SMILES string of the molecule is Cc1ccc(Br)cc1NC(=O)[C@@H](N)CC(=O)OCc1ccccc1. The lowest BCUT2D eigenvalue weighted by Crippen LogP contribution is -2.38. The summed E-state index contributed by atoms with van der Waals surface area (Å²) in [6.45, 7) is 2.04. The van der Waals surface area contributed by atoms with Crippen molar-refractivity contribution in [3.8, 4) is 0 Å². The van der Waals surface area contributed by atoms with Crippen molar-refractivity contribution in [3.05, 3.63) is 64.1 Å². The summed E-state index contributed by atoms with van der Waals surface area (Å²) >= 11 is 3.35. The average Bonchev–Trinajstić information content (AvgIpc) is 2.57. The highest BCUT2D eigenvalue weighted by Crippen LogP contribution is 2.20. The number of rotatable bonds is 6. The molecular weight excluding hydrogens is 372 g/mol. The Hall–Kier alpha value is -2.18. The lowest BCUT2D eigenvalue weighted by atomic mass is 10.1. The zero-order chi connectivity index (χ0) is 17.5. The molecule has 6 heteroatoms. The summed E-state index contributed by atoms with van der Waals surface area (Å²) in [5.41, 5.74) is 8.24. The fourth-order valence-electron chi connectivity index (χ4n) is 2.02. The molecule has 5 nitrogen and oxygen atoms in total. The average molecular weight is 391 g/mol. The highest BCUT2D eigenvalue weighted by Gasteiger charge is 2.19. The molecule has 1 amide bonds. The van der Waals surface area contributed by atoms with E-state index in [1.807, 2.05) is 49.4 Å². The van der Waals surface area contributed by atoms with Gasteiger partial charge in [0.1, 0.15) is 6.61 Å². The topological polar surface area (TPSA) is 81.4 Å². The van der Waals surface area contributed by atoms with Gasteiger partial charge < -0.3 is 15.8 Å². The third-order valence-electron chi connectivity index (χ3n) is 3.42. The predicted octanol–water partition coefficient (Wildman–Crippen LogP) is 3.16. The van der Waals surface area contributed by atoms with Crippen LogP contribution in [0.2, 0.25) is 0 Å². The maximum absolute atomic E-state index is 12.1. The first-order chi connectivity index (χ1) is 11.5. The number of anilines is 1. The molecule has 0 aliphatic heterocycles. The van der Waals surface area contributed by atoms with Crippen LogP contribution in [0.4, 0.5) is 5.69 Å². The molecule has 0 aliphatic carbocycles. The van der Waals surface area contributed by atoms with E-state index < -0.39 is 17.9 Å². The van der Waals surface area contributed by atoms with Crippen LogP contribution in [0.5, 0.6) is 0 Å². The summed E-state index contributed by atoms with van der Waals surface area (Å²) in [5.74, 6) is -0.930. The van der Waals surface area contributed by atoms with E-state index in [1.165, 1.54) is 0 Å². The molecule has 2 aromatic carbocycles. The minimum absolute atomic E-state index is 0.165. The molecule has 0 aromatic heterocycles. The first-order valence-electron chi connectivity index (χ1n) is 7.48. The molecule has 126 valence electrons. The number of esters is 1. The van der Waals surface area contributed by atoms with Crippen molar-refractivity contribution < 1.29 is 14.3 Å². The van der Waals surface area contributed by atoms with Gasteiger partial charge in [-0.1, -0.05) is 52.3 Å². The molecule has 2 aromatic rings. The van der Waals surface area contributed by atoms with Crippen molar-refractivity contribution in [2.24, 2.45) is 5.73 Å². The summed E-state index contributed by atoms with van der Waals surface area (Å²) in [7, 11) is 0. The van der Waals surface area contributed by atoms with Gasteiger partial charge in [0.05, 0.1) is 12.5 Å². The lowest BCUT2D eigenvalue weighted by molar-refractivity contribution is -0.146. The van der Waals surface area contributed by atoms with Crippen LogP contribution in [0.15, 0.2) is 53.0 Å². The highest BCUT2D eigenvalue weighted by atomic mass is 79.9. The maximum atomic E-state index is 12.1. The first kappa shape index (κ1) is 18.2. The number of carbonyl (C=O) groups is 2. The Kier molecular flexibility index (Phi) is 6.52. The Bertz CT molecular complexity index is 719. The van der Waals surface area contributed by atoms with Crippen LogP contribution in [0.25, 0.3) is 0 Å². The number of hydrogen-bond donors (Lipinski definition) is 2. The molecule has 1 atom stereocenters. The minimum Gasteiger partial charge on any atom is -0.461 e. The van der Waals surface area contributed by atoms with E-state index in [2.05, 4.69) is 21.2 Å². The van der Waals surface area contributed by atoms with Gasteiger partial charge in [-0.2, -0.15) is 0 Å². The molecular formula is C18H19BrN2O3. The highest BCUT2D eigenvalue weighted by molar-refractivity contribution is 9.10. The Labute approximate surface area is 149 Å². The molecule has 0 aliphatic rings. The molecule has 0 radical (unpaired) electrons. The molecule has 2 rings (SSSR count). The smallest absolute Gasteiger partial charge is 0.308 e. The zero-order valence-corrected chi connectivity index (χ0v) is 14.9. The van der Waals surface area contributed by atoms with Gasteiger partial charge >= 0.3 is 5.97 Å². The number of aryl methyl sites for hydroxylation is 1. The van der Waals surface area contributed by atoms with E-state index in [4.69, 9.17) is 10.5 Å². The molecule has 0 spiro atoms. The first-order valence-corrected chi connectivity index (χ1v) is 8.27. The summed E-state index contributed by atoms with van der Waals surface area (Å²) in [6.07, 6.45) is -0.175. The number of benzene rings is 2. The summed E-state index contributed by atoms with van der Waals surface area (Å²) < 4.78 is 5.98. The van der Waals surface area contributed by atoms with Crippen LogP contribution in [-0.2, 0) is 20.9 Å². The second-order valence-corrected chi connectivity index (χ2v) is 6.32. The van der Waals surface area contributed by atoms with E-state index in [-0.39, 0.29) is 13.0 Å². The third-order valence-corrected chi connectivity index (χ3v) is 3.92. The Morgan fingerprint density at radius 2 is 1.92 bits per heavy atom. The maximum Gasteiger partial charge on any atom is 0.308 e. The molecule has 0 unspecified atom stereocenters. The number of halogens is 1. The second-order valence-electron chi connectivity index (χ2n) is 5.41. The summed E-state index contributed by atoms with van der Waals surface area (Å²) in [5, 5.41) is 2.73. The molecule has 0 heterocycles. The number of carbonyl (C=O) groups excluding carboxylic acids is 2. The van der Waals surface area contributed by atoms with Gasteiger partial charge in [-0.15, -0.1) is 0 Å². The predicted molar refractivity (Wildman–Crippen MR) is 96.3 cm³/mol. The van der Waals surface area contributed by atoms with Crippen LogP contribution in [0, 0.1) is 6.92 Å². The van der Waals surface area contributed by atoms with E-state index in [1.54, 1.807) is 6.07 Å². The normalized spacial score (nSPS) is 11.6. The van der Waals surface area contributed by atoms with Gasteiger partial charge in [0, 0.05) is 10.2 Å². The van der Waals surface area contributed by atoms with Gasteiger partial charge in [0.15, 0.2) is 0 Å². The molecule has 3 N–H and O–H groups in total. The van der Waals surface area contributed by atoms with Crippen LogP contribution >= 0.6 is 15.9 Å².